The largest absolute Gasteiger partial charge is 0.486 e. The minimum Gasteiger partial charge on any atom is -0.486 e. The molecule has 3 rings (SSSR count). The molecule has 3 heteroatoms. The molecule has 1 saturated heterocycles. The van der Waals surface area contributed by atoms with Crippen molar-refractivity contribution in [3.05, 3.63) is 23.3 Å². The summed E-state index contributed by atoms with van der Waals surface area (Å²) in [5, 5.41) is 3.63. The van der Waals surface area contributed by atoms with Crippen molar-refractivity contribution in [2.75, 3.05) is 19.8 Å². The molecule has 0 bridgehead atoms. The van der Waals surface area contributed by atoms with Gasteiger partial charge in [-0.3, -0.25) is 0 Å². The van der Waals surface area contributed by atoms with Gasteiger partial charge in [0, 0.05) is 5.54 Å². The van der Waals surface area contributed by atoms with Gasteiger partial charge < -0.3 is 14.8 Å². The lowest BCUT2D eigenvalue weighted by atomic mass is 9.85. The summed E-state index contributed by atoms with van der Waals surface area (Å²) in [4.78, 5) is 0. The lowest BCUT2D eigenvalue weighted by Gasteiger charge is -2.30. The standard InChI is InChI=1S/C15H21NO2/c1-3-11-9-13-14(18-8-7-17-13)10-12(11)15(2)5-4-6-16-15/h9-10,16H,3-8H2,1-2H3. The van der Waals surface area contributed by atoms with E-state index in [1.165, 1.54) is 24.0 Å². The quantitative estimate of drug-likeness (QED) is 0.871. The smallest absolute Gasteiger partial charge is 0.161 e. The fraction of sp³-hybridized carbons (Fsp3) is 0.600. The summed E-state index contributed by atoms with van der Waals surface area (Å²) in [6.07, 6.45) is 3.47. The molecule has 0 saturated carbocycles. The number of hydrogen-bond acceptors (Lipinski definition) is 3. The van der Waals surface area contributed by atoms with Crippen molar-refractivity contribution < 1.29 is 9.47 Å². The molecular formula is C15H21NO2. The van der Waals surface area contributed by atoms with Crippen molar-refractivity contribution in [1.82, 2.24) is 5.32 Å². The number of ether oxygens (including phenoxy) is 2. The van der Waals surface area contributed by atoms with Crippen molar-refractivity contribution in [2.24, 2.45) is 0 Å². The maximum absolute atomic E-state index is 5.72. The molecule has 1 fully saturated rings. The van der Waals surface area contributed by atoms with Gasteiger partial charge in [-0.05, 0) is 56.0 Å². The van der Waals surface area contributed by atoms with Gasteiger partial charge in [0.15, 0.2) is 11.5 Å². The number of benzene rings is 1. The number of nitrogens with one attached hydrogen (secondary N) is 1. The van der Waals surface area contributed by atoms with Gasteiger partial charge in [0.2, 0.25) is 0 Å². The highest BCUT2D eigenvalue weighted by atomic mass is 16.6. The lowest BCUT2D eigenvalue weighted by molar-refractivity contribution is 0.170. The molecule has 2 heterocycles. The van der Waals surface area contributed by atoms with E-state index < -0.39 is 0 Å². The Kier molecular flexibility index (Phi) is 2.94. The van der Waals surface area contributed by atoms with Crippen LogP contribution < -0.4 is 14.8 Å². The first-order valence-corrected chi connectivity index (χ1v) is 6.91. The fourth-order valence-corrected chi connectivity index (χ4v) is 3.06. The van der Waals surface area contributed by atoms with Gasteiger partial charge in [-0.25, -0.2) is 0 Å². The summed E-state index contributed by atoms with van der Waals surface area (Å²) in [6, 6.07) is 4.35. The van der Waals surface area contributed by atoms with E-state index in [1.807, 2.05) is 0 Å². The van der Waals surface area contributed by atoms with E-state index in [2.05, 4.69) is 31.3 Å². The molecule has 0 radical (unpaired) electrons. The van der Waals surface area contributed by atoms with Gasteiger partial charge in [0.1, 0.15) is 13.2 Å². The first-order valence-electron chi connectivity index (χ1n) is 6.91. The normalized spacial score (nSPS) is 26.3. The van der Waals surface area contributed by atoms with Crippen LogP contribution in [0.4, 0.5) is 0 Å². The second-order valence-electron chi connectivity index (χ2n) is 5.37. The zero-order valence-electron chi connectivity index (χ0n) is 11.2. The van der Waals surface area contributed by atoms with Crippen LogP contribution in [0, 0.1) is 0 Å². The average Bonchev–Trinajstić information content (AvgIpc) is 2.85. The topological polar surface area (TPSA) is 30.5 Å². The molecule has 1 unspecified atom stereocenters. The van der Waals surface area contributed by atoms with Crippen LogP contribution in [0.3, 0.4) is 0 Å². The van der Waals surface area contributed by atoms with Crippen LogP contribution in [0.2, 0.25) is 0 Å². The Hall–Kier alpha value is -1.22. The van der Waals surface area contributed by atoms with Crippen LogP contribution in [0.1, 0.15) is 37.8 Å². The third kappa shape index (κ3) is 1.87. The van der Waals surface area contributed by atoms with E-state index >= 15 is 0 Å². The van der Waals surface area contributed by atoms with E-state index in [0.29, 0.717) is 13.2 Å². The Labute approximate surface area is 108 Å². The van der Waals surface area contributed by atoms with Crippen LogP contribution in [-0.4, -0.2) is 19.8 Å². The second kappa shape index (κ2) is 4.47. The molecule has 0 aliphatic carbocycles. The van der Waals surface area contributed by atoms with E-state index in [1.54, 1.807) is 0 Å². The molecule has 3 nitrogen and oxygen atoms in total. The molecule has 2 aliphatic rings. The first-order chi connectivity index (χ1) is 8.73. The molecule has 1 atom stereocenters. The average molecular weight is 247 g/mol. The van der Waals surface area contributed by atoms with Crippen molar-refractivity contribution in [2.45, 2.75) is 38.6 Å². The summed E-state index contributed by atoms with van der Waals surface area (Å²) in [6.45, 7) is 6.92. The molecule has 0 aromatic heterocycles. The highest BCUT2D eigenvalue weighted by Gasteiger charge is 2.33. The van der Waals surface area contributed by atoms with Crippen LogP contribution in [-0.2, 0) is 12.0 Å². The molecule has 2 aliphatic heterocycles. The molecule has 0 amide bonds. The third-order valence-corrected chi connectivity index (χ3v) is 4.11. The summed E-state index contributed by atoms with van der Waals surface area (Å²) >= 11 is 0. The predicted molar refractivity (Wildman–Crippen MR) is 71.4 cm³/mol. The SMILES string of the molecule is CCc1cc2c(cc1C1(C)CCCN1)OCCO2. The maximum atomic E-state index is 5.72. The van der Waals surface area contributed by atoms with Crippen molar-refractivity contribution in [1.29, 1.82) is 0 Å². The predicted octanol–water partition coefficient (Wildman–Crippen LogP) is 2.62. The molecule has 1 aromatic rings. The summed E-state index contributed by atoms with van der Waals surface area (Å²) in [7, 11) is 0. The number of aryl methyl sites for hydroxylation is 1. The Balaban J connectivity index is 2.07. The van der Waals surface area contributed by atoms with Gasteiger partial charge in [-0.1, -0.05) is 6.92 Å². The zero-order valence-corrected chi connectivity index (χ0v) is 11.2. The highest BCUT2D eigenvalue weighted by Crippen LogP contribution is 2.40. The third-order valence-electron chi connectivity index (χ3n) is 4.11. The Morgan fingerprint density at radius 1 is 1.22 bits per heavy atom. The molecule has 18 heavy (non-hydrogen) atoms. The Bertz CT molecular complexity index is 450. The minimum absolute atomic E-state index is 0.0984. The molecule has 1 N–H and O–H groups in total. The monoisotopic (exact) mass is 247 g/mol. The fourth-order valence-electron chi connectivity index (χ4n) is 3.06. The van der Waals surface area contributed by atoms with E-state index in [9.17, 15) is 0 Å². The molecular weight excluding hydrogens is 226 g/mol. The lowest BCUT2D eigenvalue weighted by Crippen LogP contribution is -2.34. The van der Waals surface area contributed by atoms with E-state index in [4.69, 9.17) is 9.47 Å². The minimum atomic E-state index is 0.0984. The maximum Gasteiger partial charge on any atom is 0.161 e. The molecule has 0 spiro atoms. The van der Waals surface area contributed by atoms with Crippen LogP contribution in [0.5, 0.6) is 11.5 Å². The Morgan fingerprint density at radius 3 is 2.56 bits per heavy atom. The molecule has 1 aromatic carbocycles. The second-order valence-corrected chi connectivity index (χ2v) is 5.37. The van der Waals surface area contributed by atoms with Crippen LogP contribution in [0.25, 0.3) is 0 Å². The van der Waals surface area contributed by atoms with E-state index in [0.717, 1.165) is 24.5 Å². The van der Waals surface area contributed by atoms with E-state index in [-0.39, 0.29) is 5.54 Å². The van der Waals surface area contributed by atoms with Gasteiger partial charge in [0.05, 0.1) is 0 Å². The number of fused-ring (bicyclic) bond motifs is 1. The van der Waals surface area contributed by atoms with Gasteiger partial charge >= 0.3 is 0 Å². The first kappa shape index (κ1) is 11.8. The van der Waals surface area contributed by atoms with Gasteiger partial charge in [-0.15, -0.1) is 0 Å². The summed E-state index contributed by atoms with van der Waals surface area (Å²) < 4.78 is 11.4. The summed E-state index contributed by atoms with van der Waals surface area (Å²) in [5.74, 6) is 1.81. The van der Waals surface area contributed by atoms with Crippen molar-refractivity contribution >= 4 is 0 Å². The van der Waals surface area contributed by atoms with Crippen molar-refractivity contribution in [3.8, 4) is 11.5 Å². The zero-order chi connectivity index (χ0) is 12.6. The van der Waals surface area contributed by atoms with Crippen LogP contribution in [0.15, 0.2) is 12.1 Å². The highest BCUT2D eigenvalue weighted by molar-refractivity contribution is 5.50. The number of hydrogen-bond donors (Lipinski definition) is 1. The van der Waals surface area contributed by atoms with Gasteiger partial charge in [0.25, 0.3) is 0 Å². The van der Waals surface area contributed by atoms with Gasteiger partial charge in [-0.2, -0.15) is 0 Å². The number of rotatable bonds is 2. The van der Waals surface area contributed by atoms with Crippen LogP contribution >= 0.6 is 0 Å². The Morgan fingerprint density at radius 2 is 1.94 bits per heavy atom. The van der Waals surface area contributed by atoms with Crippen molar-refractivity contribution in [3.63, 3.8) is 0 Å². The molecule has 98 valence electrons. The summed E-state index contributed by atoms with van der Waals surface area (Å²) in [5.41, 5.74) is 2.85.